The molecule has 1 amide bonds. The van der Waals surface area contributed by atoms with Crippen LogP contribution < -0.4 is 20.3 Å². The summed E-state index contributed by atoms with van der Waals surface area (Å²) in [6.07, 6.45) is 1.47. The molecule has 8 heteroatoms. The van der Waals surface area contributed by atoms with E-state index < -0.39 is 17.5 Å². The van der Waals surface area contributed by atoms with Crippen LogP contribution in [0, 0.1) is 5.82 Å². The Morgan fingerprint density at radius 2 is 1.49 bits per heavy atom. The molecule has 0 aliphatic carbocycles. The standard InChI is InChI=1S/C45H48FN3O4/c1-8-37(52-39-27-26-30(44(4,5)9-2)28-33(39)45(6,7)10-3)42(50)47-35-23-15-16-24-36(35)49-43(51)41(40(48-49)32-21-13-14-22-34(32)46)53-38-25-17-19-29-18-11-12-20-31(29)38/h11-28,37,48H,8-10H2,1-7H3,(H,47,50). The third-order valence-electron chi connectivity index (χ3n) is 10.5. The lowest BCUT2D eigenvalue weighted by Gasteiger charge is -2.31. The minimum absolute atomic E-state index is 0.00974. The first kappa shape index (κ1) is 37.1. The van der Waals surface area contributed by atoms with E-state index >= 15 is 4.39 Å². The largest absolute Gasteiger partial charge is 0.480 e. The molecule has 2 N–H and O–H groups in total. The van der Waals surface area contributed by atoms with Crippen LogP contribution in [0.3, 0.4) is 0 Å². The topological polar surface area (TPSA) is 85.3 Å². The number of hydrogen-bond donors (Lipinski definition) is 2. The third kappa shape index (κ3) is 7.49. The van der Waals surface area contributed by atoms with Gasteiger partial charge in [0.1, 0.15) is 23.0 Å². The molecule has 1 atom stereocenters. The number of carbonyl (C=O) groups is 1. The highest BCUT2D eigenvalue weighted by Gasteiger charge is 2.30. The maximum Gasteiger partial charge on any atom is 0.314 e. The lowest BCUT2D eigenvalue weighted by Crippen LogP contribution is -2.34. The Morgan fingerprint density at radius 3 is 2.23 bits per heavy atom. The number of carbonyl (C=O) groups excluding carboxylic acids is 1. The van der Waals surface area contributed by atoms with E-state index in [1.807, 2.05) is 49.4 Å². The second-order valence-corrected chi connectivity index (χ2v) is 14.7. The van der Waals surface area contributed by atoms with Crippen LogP contribution in [0.15, 0.2) is 114 Å². The van der Waals surface area contributed by atoms with Crippen molar-refractivity contribution in [3.05, 3.63) is 136 Å². The SMILES string of the molecule is CCC(Oc1ccc(C(C)(C)CC)cc1C(C)(C)CC)C(=O)Nc1ccccc1-n1[nH]c(-c2ccccc2F)c(Oc2cccc3ccccc23)c1=O. The van der Waals surface area contributed by atoms with Gasteiger partial charge in [0.15, 0.2) is 6.10 Å². The fraction of sp³-hybridized carbons (Fsp3) is 0.289. The van der Waals surface area contributed by atoms with Crippen LogP contribution in [0.2, 0.25) is 0 Å². The summed E-state index contributed by atoms with van der Waals surface area (Å²) in [4.78, 5) is 28.3. The van der Waals surface area contributed by atoms with Crippen molar-refractivity contribution in [2.75, 3.05) is 5.32 Å². The van der Waals surface area contributed by atoms with Gasteiger partial charge in [-0.2, -0.15) is 0 Å². The number of aromatic amines is 1. The molecule has 0 aliphatic rings. The highest BCUT2D eigenvalue weighted by molar-refractivity contribution is 5.96. The number of hydrogen-bond acceptors (Lipinski definition) is 4. The molecule has 6 rings (SSSR count). The molecule has 0 fully saturated rings. The van der Waals surface area contributed by atoms with Gasteiger partial charge in [0.05, 0.1) is 11.4 Å². The molecule has 0 aliphatic heterocycles. The molecule has 1 heterocycles. The number of anilines is 1. The molecule has 0 spiro atoms. The molecule has 1 unspecified atom stereocenters. The van der Waals surface area contributed by atoms with E-state index in [0.29, 0.717) is 29.3 Å². The molecule has 1 aromatic heterocycles. The van der Waals surface area contributed by atoms with Crippen molar-refractivity contribution in [3.8, 4) is 34.2 Å². The van der Waals surface area contributed by atoms with Crippen LogP contribution in [0.1, 0.15) is 78.9 Å². The number of ether oxygens (including phenoxy) is 2. The maximum absolute atomic E-state index is 15.3. The molecule has 7 nitrogen and oxygen atoms in total. The number of aromatic nitrogens is 2. The van der Waals surface area contributed by atoms with Gasteiger partial charge in [0.25, 0.3) is 5.91 Å². The number of benzene rings is 5. The van der Waals surface area contributed by atoms with Crippen molar-refractivity contribution in [1.29, 1.82) is 0 Å². The zero-order valence-corrected chi connectivity index (χ0v) is 31.5. The van der Waals surface area contributed by atoms with Crippen molar-refractivity contribution in [1.82, 2.24) is 9.78 Å². The van der Waals surface area contributed by atoms with E-state index in [4.69, 9.17) is 9.47 Å². The van der Waals surface area contributed by atoms with Gasteiger partial charge in [-0.15, -0.1) is 0 Å². The fourth-order valence-corrected chi connectivity index (χ4v) is 6.37. The van der Waals surface area contributed by atoms with Crippen molar-refractivity contribution in [2.45, 2.75) is 84.7 Å². The molecule has 0 saturated heterocycles. The summed E-state index contributed by atoms with van der Waals surface area (Å²) in [7, 11) is 0. The lowest BCUT2D eigenvalue weighted by atomic mass is 9.76. The number of para-hydroxylation sites is 2. The first-order valence-electron chi connectivity index (χ1n) is 18.4. The van der Waals surface area contributed by atoms with E-state index in [1.54, 1.807) is 48.5 Å². The Bertz CT molecular complexity index is 2310. The lowest BCUT2D eigenvalue weighted by molar-refractivity contribution is -0.122. The van der Waals surface area contributed by atoms with E-state index in [0.717, 1.165) is 29.2 Å². The van der Waals surface area contributed by atoms with Crippen molar-refractivity contribution in [2.24, 2.45) is 0 Å². The third-order valence-corrected chi connectivity index (χ3v) is 10.5. The first-order chi connectivity index (χ1) is 25.4. The van der Waals surface area contributed by atoms with Crippen LogP contribution in [0.4, 0.5) is 10.1 Å². The summed E-state index contributed by atoms with van der Waals surface area (Å²) in [5.74, 6) is 0.158. The number of rotatable bonds is 13. The summed E-state index contributed by atoms with van der Waals surface area (Å²) in [5.41, 5.74) is 2.59. The monoisotopic (exact) mass is 713 g/mol. The van der Waals surface area contributed by atoms with Gasteiger partial charge < -0.3 is 14.8 Å². The van der Waals surface area contributed by atoms with Gasteiger partial charge in [0.2, 0.25) is 5.75 Å². The molecule has 6 aromatic rings. The fourth-order valence-electron chi connectivity index (χ4n) is 6.37. The second kappa shape index (κ2) is 15.2. The highest BCUT2D eigenvalue weighted by Crippen LogP contribution is 2.40. The van der Waals surface area contributed by atoms with Gasteiger partial charge in [-0.1, -0.05) is 121 Å². The quantitative estimate of drug-likeness (QED) is 0.125. The normalized spacial score (nSPS) is 12.5. The summed E-state index contributed by atoms with van der Waals surface area (Å²) in [6, 6.07) is 32.7. The Balaban J connectivity index is 1.37. The van der Waals surface area contributed by atoms with Gasteiger partial charge in [-0.3, -0.25) is 14.7 Å². The summed E-state index contributed by atoms with van der Waals surface area (Å²) >= 11 is 0. The Hall–Kier alpha value is -5.63. The summed E-state index contributed by atoms with van der Waals surface area (Å²) in [6.45, 7) is 15.1. The number of nitrogens with one attached hydrogen (secondary N) is 2. The maximum atomic E-state index is 15.3. The van der Waals surface area contributed by atoms with Crippen LogP contribution in [-0.4, -0.2) is 21.8 Å². The molecule has 0 bridgehead atoms. The van der Waals surface area contributed by atoms with Crippen LogP contribution in [0.5, 0.6) is 17.2 Å². The van der Waals surface area contributed by atoms with Crippen molar-refractivity contribution >= 4 is 22.4 Å². The number of fused-ring (bicyclic) bond motifs is 1. The van der Waals surface area contributed by atoms with E-state index in [9.17, 15) is 9.59 Å². The number of halogens is 1. The Labute approximate surface area is 310 Å². The average molecular weight is 714 g/mol. The van der Waals surface area contributed by atoms with Gasteiger partial charge in [-0.25, -0.2) is 9.07 Å². The molecular formula is C45H48FN3O4. The molecule has 274 valence electrons. The minimum atomic E-state index is -0.820. The Morgan fingerprint density at radius 1 is 0.811 bits per heavy atom. The molecule has 0 radical (unpaired) electrons. The highest BCUT2D eigenvalue weighted by atomic mass is 19.1. The predicted octanol–water partition coefficient (Wildman–Crippen LogP) is 11.1. The summed E-state index contributed by atoms with van der Waals surface area (Å²) < 4.78 is 29.5. The number of H-pyrrole nitrogens is 1. The zero-order chi connectivity index (χ0) is 37.9. The van der Waals surface area contributed by atoms with Gasteiger partial charge in [0, 0.05) is 16.5 Å². The van der Waals surface area contributed by atoms with Gasteiger partial charge >= 0.3 is 5.56 Å². The average Bonchev–Trinajstić information content (AvgIpc) is 3.48. The van der Waals surface area contributed by atoms with Crippen LogP contribution in [-0.2, 0) is 15.6 Å². The van der Waals surface area contributed by atoms with Crippen LogP contribution >= 0.6 is 0 Å². The Kier molecular flexibility index (Phi) is 10.6. The second-order valence-electron chi connectivity index (χ2n) is 14.7. The number of nitrogens with zero attached hydrogens (tertiary/aromatic N) is 1. The van der Waals surface area contributed by atoms with Crippen molar-refractivity contribution < 1.29 is 18.7 Å². The molecular weight excluding hydrogens is 666 g/mol. The smallest absolute Gasteiger partial charge is 0.314 e. The minimum Gasteiger partial charge on any atom is -0.480 e. The predicted molar refractivity (Wildman–Crippen MR) is 212 cm³/mol. The van der Waals surface area contributed by atoms with E-state index in [-0.39, 0.29) is 33.7 Å². The zero-order valence-electron chi connectivity index (χ0n) is 31.5. The van der Waals surface area contributed by atoms with Gasteiger partial charge in [-0.05, 0) is 77.4 Å². The van der Waals surface area contributed by atoms with E-state index in [2.05, 4.69) is 64.1 Å². The van der Waals surface area contributed by atoms with Crippen molar-refractivity contribution in [3.63, 3.8) is 0 Å². The molecule has 0 saturated carbocycles. The van der Waals surface area contributed by atoms with E-state index in [1.165, 1.54) is 16.3 Å². The summed E-state index contributed by atoms with van der Waals surface area (Å²) in [5, 5.41) is 7.85. The number of amides is 1. The molecule has 5 aromatic carbocycles. The first-order valence-corrected chi connectivity index (χ1v) is 18.4. The van der Waals surface area contributed by atoms with Crippen LogP contribution in [0.25, 0.3) is 27.7 Å². The molecule has 53 heavy (non-hydrogen) atoms.